The molecule has 1 aliphatic rings. The van der Waals surface area contributed by atoms with Gasteiger partial charge in [0.1, 0.15) is 11.6 Å². The number of aryl methyl sites for hydroxylation is 1. The highest BCUT2D eigenvalue weighted by molar-refractivity contribution is 7.98. The minimum atomic E-state index is -0.249. The summed E-state index contributed by atoms with van der Waals surface area (Å²) in [4.78, 5) is 12.5. The molecular weight excluding hydrogens is 408 g/mol. The molecule has 162 valence electrons. The SMILES string of the molecule is Cc1nnc(SCc2ccccc2)n1NC(=O)COc1ccc(C2CCCCC2)cc1. The van der Waals surface area contributed by atoms with E-state index in [0.717, 1.165) is 5.75 Å². The van der Waals surface area contributed by atoms with Crippen LogP contribution in [0.25, 0.3) is 0 Å². The molecule has 0 aliphatic heterocycles. The molecular formula is C24H28N4O2S. The summed E-state index contributed by atoms with van der Waals surface area (Å²) < 4.78 is 7.31. The monoisotopic (exact) mass is 436 g/mol. The number of ether oxygens (including phenoxy) is 1. The van der Waals surface area contributed by atoms with Crippen molar-refractivity contribution in [1.82, 2.24) is 14.9 Å². The molecule has 0 radical (unpaired) electrons. The quantitative estimate of drug-likeness (QED) is 0.499. The number of benzene rings is 2. The Kier molecular flexibility index (Phi) is 7.25. The lowest BCUT2D eigenvalue weighted by atomic mass is 9.84. The molecule has 0 atom stereocenters. The van der Waals surface area contributed by atoms with Gasteiger partial charge in [0.2, 0.25) is 5.16 Å². The average Bonchev–Trinajstić information content (AvgIpc) is 3.17. The number of rotatable bonds is 8. The predicted molar refractivity (Wildman–Crippen MR) is 123 cm³/mol. The summed E-state index contributed by atoms with van der Waals surface area (Å²) in [5.41, 5.74) is 5.39. The first kappa shape index (κ1) is 21.4. The van der Waals surface area contributed by atoms with Crippen LogP contribution in [0, 0.1) is 6.92 Å². The Labute approximate surface area is 187 Å². The van der Waals surface area contributed by atoms with Gasteiger partial charge in [-0.15, -0.1) is 10.2 Å². The van der Waals surface area contributed by atoms with E-state index in [-0.39, 0.29) is 12.5 Å². The van der Waals surface area contributed by atoms with E-state index < -0.39 is 0 Å². The molecule has 0 unspecified atom stereocenters. The Hall–Kier alpha value is -2.80. The van der Waals surface area contributed by atoms with E-state index in [1.807, 2.05) is 37.3 Å². The Bertz CT molecular complexity index is 983. The number of thioether (sulfide) groups is 1. The van der Waals surface area contributed by atoms with Crippen LogP contribution in [0.2, 0.25) is 0 Å². The molecule has 0 bridgehead atoms. The molecule has 7 heteroatoms. The number of carbonyl (C=O) groups is 1. The van der Waals surface area contributed by atoms with Crippen LogP contribution in [-0.4, -0.2) is 27.4 Å². The number of hydrogen-bond acceptors (Lipinski definition) is 5. The van der Waals surface area contributed by atoms with E-state index >= 15 is 0 Å². The average molecular weight is 437 g/mol. The number of nitrogens with one attached hydrogen (secondary N) is 1. The van der Waals surface area contributed by atoms with Gasteiger partial charge in [-0.05, 0) is 48.9 Å². The van der Waals surface area contributed by atoms with E-state index in [4.69, 9.17) is 4.74 Å². The van der Waals surface area contributed by atoms with E-state index in [1.165, 1.54) is 55.0 Å². The largest absolute Gasteiger partial charge is 0.484 e. The third-order valence-corrected chi connectivity index (χ3v) is 6.57. The standard InChI is InChI=1S/C24H28N4O2S/c1-18-25-26-24(31-17-19-8-4-2-5-9-19)28(18)27-23(29)16-30-22-14-12-21(13-15-22)20-10-6-3-7-11-20/h2,4-5,8-9,12-15,20H,3,6-7,10-11,16-17H2,1H3,(H,27,29). The highest BCUT2D eigenvalue weighted by Crippen LogP contribution is 2.33. The van der Waals surface area contributed by atoms with Crippen molar-refractivity contribution in [2.75, 3.05) is 12.0 Å². The number of aromatic nitrogens is 3. The van der Waals surface area contributed by atoms with Crippen LogP contribution in [0.3, 0.4) is 0 Å². The van der Waals surface area contributed by atoms with Gasteiger partial charge in [0.15, 0.2) is 6.61 Å². The first-order chi connectivity index (χ1) is 15.2. The van der Waals surface area contributed by atoms with Crippen LogP contribution in [0.15, 0.2) is 59.8 Å². The Morgan fingerprint density at radius 2 is 1.81 bits per heavy atom. The lowest BCUT2D eigenvalue weighted by molar-refractivity contribution is -0.119. The number of nitrogens with zero attached hydrogens (tertiary/aromatic N) is 3. The molecule has 1 amide bonds. The highest BCUT2D eigenvalue weighted by Gasteiger charge is 2.16. The minimum absolute atomic E-state index is 0.0663. The number of carbonyl (C=O) groups excluding carboxylic acids is 1. The summed E-state index contributed by atoms with van der Waals surface area (Å²) in [6.45, 7) is 1.74. The van der Waals surface area contributed by atoms with Crippen molar-refractivity contribution < 1.29 is 9.53 Å². The summed E-state index contributed by atoms with van der Waals surface area (Å²) in [6, 6.07) is 18.3. The highest BCUT2D eigenvalue weighted by atomic mass is 32.2. The summed E-state index contributed by atoms with van der Waals surface area (Å²) in [5.74, 6) is 2.49. The minimum Gasteiger partial charge on any atom is -0.484 e. The molecule has 4 rings (SSSR count). The van der Waals surface area contributed by atoms with E-state index in [2.05, 4.69) is 39.9 Å². The molecule has 1 fully saturated rings. The molecule has 31 heavy (non-hydrogen) atoms. The van der Waals surface area contributed by atoms with Gasteiger partial charge in [0, 0.05) is 5.75 Å². The third kappa shape index (κ3) is 5.88. The number of hydrogen-bond donors (Lipinski definition) is 1. The van der Waals surface area contributed by atoms with Crippen molar-refractivity contribution in [2.45, 2.75) is 55.9 Å². The molecule has 3 aromatic rings. The molecule has 2 aromatic carbocycles. The lowest BCUT2D eigenvalue weighted by Crippen LogP contribution is -2.29. The van der Waals surface area contributed by atoms with Crippen molar-refractivity contribution in [2.24, 2.45) is 0 Å². The van der Waals surface area contributed by atoms with Crippen LogP contribution < -0.4 is 10.2 Å². The van der Waals surface area contributed by atoms with E-state index in [0.29, 0.717) is 22.6 Å². The number of amides is 1. The Balaban J connectivity index is 1.29. The fourth-order valence-corrected chi connectivity index (χ4v) is 4.76. The van der Waals surface area contributed by atoms with Crippen molar-refractivity contribution in [3.05, 3.63) is 71.5 Å². The van der Waals surface area contributed by atoms with E-state index in [1.54, 1.807) is 4.68 Å². The van der Waals surface area contributed by atoms with E-state index in [9.17, 15) is 4.79 Å². The third-order valence-electron chi connectivity index (χ3n) is 5.57. The smallest absolute Gasteiger partial charge is 0.276 e. The topological polar surface area (TPSA) is 69.0 Å². The Morgan fingerprint density at radius 1 is 1.06 bits per heavy atom. The molecule has 0 spiro atoms. The molecule has 1 N–H and O–H groups in total. The fraction of sp³-hybridized carbons (Fsp3) is 0.375. The molecule has 1 saturated carbocycles. The zero-order chi connectivity index (χ0) is 21.5. The normalized spacial score (nSPS) is 14.4. The predicted octanol–water partition coefficient (Wildman–Crippen LogP) is 5.08. The summed E-state index contributed by atoms with van der Waals surface area (Å²) in [5, 5.41) is 8.91. The van der Waals surface area contributed by atoms with Crippen LogP contribution >= 0.6 is 11.8 Å². The van der Waals surface area contributed by atoms with Gasteiger partial charge in [-0.2, -0.15) is 0 Å². The first-order valence-electron chi connectivity index (χ1n) is 10.8. The maximum Gasteiger partial charge on any atom is 0.276 e. The zero-order valence-electron chi connectivity index (χ0n) is 17.8. The van der Waals surface area contributed by atoms with Crippen molar-refractivity contribution in [1.29, 1.82) is 0 Å². The van der Waals surface area contributed by atoms with Gasteiger partial charge >= 0.3 is 0 Å². The zero-order valence-corrected chi connectivity index (χ0v) is 18.6. The lowest BCUT2D eigenvalue weighted by Gasteiger charge is -2.22. The maximum absolute atomic E-state index is 12.5. The second kappa shape index (κ2) is 10.5. The fourth-order valence-electron chi connectivity index (χ4n) is 3.87. The van der Waals surface area contributed by atoms with Crippen molar-refractivity contribution in [3.63, 3.8) is 0 Å². The van der Waals surface area contributed by atoms with Crippen LogP contribution in [0.4, 0.5) is 0 Å². The van der Waals surface area contributed by atoms with Gasteiger partial charge in [-0.3, -0.25) is 10.2 Å². The molecule has 1 aromatic heterocycles. The molecule has 0 saturated heterocycles. The van der Waals surface area contributed by atoms with Gasteiger partial charge in [-0.25, -0.2) is 4.68 Å². The second-order valence-electron chi connectivity index (χ2n) is 7.87. The second-order valence-corrected chi connectivity index (χ2v) is 8.81. The van der Waals surface area contributed by atoms with Crippen LogP contribution in [0.5, 0.6) is 5.75 Å². The maximum atomic E-state index is 12.5. The summed E-state index contributed by atoms with van der Waals surface area (Å²) in [6.07, 6.45) is 6.52. The van der Waals surface area contributed by atoms with Crippen LogP contribution in [0.1, 0.15) is 55.0 Å². The van der Waals surface area contributed by atoms with Gasteiger partial charge < -0.3 is 4.74 Å². The Morgan fingerprint density at radius 3 is 2.55 bits per heavy atom. The van der Waals surface area contributed by atoms with Crippen molar-refractivity contribution >= 4 is 17.7 Å². The molecule has 6 nitrogen and oxygen atoms in total. The van der Waals surface area contributed by atoms with Crippen molar-refractivity contribution in [3.8, 4) is 5.75 Å². The van der Waals surface area contributed by atoms with Gasteiger partial charge in [0.25, 0.3) is 5.91 Å². The van der Waals surface area contributed by atoms with Gasteiger partial charge in [0.05, 0.1) is 0 Å². The first-order valence-corrected chi connectivity index (χ1v) is 11.8. The summed E-state index contributed by atoms with van der Waals surface area (Å²) >= 11 is 1.53. The summed E-state index contributed by atoms with van der Waals surface area (Å²) in [7, 11) is 0. The molecule has 1 aliphatic carbocycles. The van der Waals surface area contributed by atoms with Crippen LogP contribution in [-0.2, 0) is 10.5 Å². The molecule has 1 heterocycles. The van der Waals surface area contributed by atoms with Gasteiger partial charge in [-0.1, -0.05) is 73.5 Å².